The molecular weight excluding hydrogens is 618 g/mol. The Balaban J connectivity index is 1.65. The summed E-state index contributed by atoms with van der Waals surface area (Å²) in [5, 5.41) is 10.0. The molecule has 0 aliphatic carbocycles. The lowest BCUT2D eigenvalue weighted by atomic mass is 9.79. The molecular formula is C35H39N5O6S. The zero-order chi connectivity index (χ0) is 33.5. The van der Waals surface area contributed by atoms with Crippen LogP contribution in [0.3, 0.4) is 0 Å². The number of methoxy groups -OCH3 is 2. The number of likely N-dealkylation sites (tertiary alicyclic amines) is 2. The average Bonchev–Trinajstić information content (AvgIpc) is 3.83. The predicted octanol–water partition coefficient (Wildman–Crippen LogP) is 3.70. The van der Waals surface area contributed by atoms with E-state index in [1.165, 1.54) is 55.5 Å². The Morgan fingerprint density at radius 1 is 0.957 bits per heavy atom. The van der Waals surface area contributed by atoms with Gasteiger partial charge in [-0.2, -0.15) is 5.26 Å². The number of likely N-dealkylation sites (N-methyl/N-ethyl adjacent to an activating group) is 1. The van der Waals surface area contributed by atoms with Crippen LogP contribution in [0.2, 0.25) is 0 Å². The lowest BCUT2D eigenvalue weighted by Gasteiger charge is -2.42. The van der Waals surface area contributed by atoms with Crippen LogP contribution in [0.4, 0.5) is 5.69 Å². The molecule has 2 atom stereocenters. The standard InChI is InChI=1S/C35H39N5O6S/c1-37(2)33(41)31-8-7-19-39(31)35(29-21-25(10-16-32(29)46-4)23-38-17-5-6-18-38)28-20-24(22-36)9-15-30(28)40(34(35)42)47(43,44)27-13-11-26(45-3)12-14-27/h9-16,20-21,31H,5-8,17-19,23H2,1-4H3/t31-,35?/m0/s1. The van der Waals surface area contributed by atoms with Gasteiger partial charge in [-0.1, -0.05) is 6.07 Å². The first kappa shape index (κ1) is 32.5. The third kappa shape index (κ3) is 5.32. The molecule has 0 bridgehead atoms. The van der Waals surface area contributed by atoms with E-state index in [0.717, 1.165) is 35.8 Å². The number of hydrogen-bond acceptors (Lipinski definition) is 9. The maximum atomic E-state index is 15.5. The molecule has 2 fully saturated rings. The van der Waals surface area contributed by atoms with Gasteiger partial charge in [0.25, 0.3) is 15.9 Å². The molecule has 6 rings (SSSR count). The van der Waals surface area contributed by atoms with Gasteiger partial charge in [0.15, 0.2) is 5.54 Å². The van der Waals surface area contributed by atoms with Gasteiger partial charge in [-0.05, 0) is 98.9 Å². The molecule has 3 aliphatic rings. The van der Waals surface area contributed by atoms with Crippen LogP contribution in [0.1, 0.15) is 47.9 Å². The van der Waals surface area contributed by atoms with E-state index in [2.05, 4.69) is 11.0 Å². The zero-order valence-electron chi connectivity index (χ0n) is 27.1. The van der Waals surface area contributed by atoms with Crippen LogP contribution in [0.5, 0.6) is 11.5 Å². The van der Waals surface area contributed by atoms with Crippen molar-refractivity contribution in [3.05, 3.63) is 82.9 Å². The Bertz CT molecular complexity index is 1850. The molecule has 0 aromatic heterocycles. The molecule has 12 heteroatoms. The van der Waals surface area contributed by atoms with E-state index in [0.29, 0.717) is 48.6 Å². The molecule has 2 amide bonds. The second-order valence-electron chi connectivity index (χ2n) is 12.4. The average molecular weight is 658 g/mol. The van der Waals surface area contributed by atoms with Gasteiger partial charge in [0, 0.05) is 38.3 Å². The molecule has 1 unspecified atom stereocenters. The molecule has 0 saturated carbocycles. The number of nitriles is 1. The van der Waals surface area contributed by atoms with Gasteiger partial charge in [-0.3, -0.25) is 19.4 Å². The minimum Gasteiger partial charge on any atom is -0.497 e. The van der Waals surface area contributed by atoms with Gasteiger partial charge in [0.05, 0.1) is 42.5 Å². The van der Waals surface area contributed by atoms with E-state index in [1.807, 2.05) is 23.1 Å². The Labute approximate surface area is 275 Å². The number of anilines is 1. The number of nitrogens with zero attached hydrogens (tertiary/aromatic N) is 5. The van der Waals surface area contributed by atoms with E-state index in [9.17, 15) is 18.5 Å². The maximum absolute atomic E-state index is 15.5. The summed E-state index contributed by atoms with van der Waals surface area (Å²) in [5.74, 6) is -0.111. The number of carbonyl (C=O) groups excluding carboxylic acids is 2. The Morgan fingerprint density at radius 2 is 1.68 bits per heavy atom. The summed E-state index contributed by atoms with van der Waals surface area (Å²) in [6.07, 6.45) is 3.29. The largest absolute Gasteiger partial charge is 0.497 e. The molecule has 0 N–H and O–H groups in total. The van der Waals surface area contributed by atoms with Crippen molar-refractivity contribution < 1.29 is 27.5 Å². The van der Waals surface area contributed by atoms with Crippen molar-refractivity contribution in [3.8, 4) is 17.6 Å². The number of sulfonamides is 1. The summed E-state index contributed by atoms with van der Waals surface area (Å²) >= 11 is 0. The summed E-state index contributed by atoms with van der Waals surface area (Å²) in [5.41, 5.74) is 0.254. The minimum atomic E-state index is -4.48. The summed E-state index contributed by atoms with van der Waals surface area (Å²) in [7, 11) is 1.85. The van der Waals surface area contributed by atoms with Crippen LogP contribution in [0.25, 0.3) is 0 Å². The highest BCUT2D eigenvalue weighted by atomic mass is 32.2. The fourth-order valence-electron chi connectivity index (χ4n) is 7.29. The highest BCUT2D eigenvalue weighted by Crippen LogP contribution is 2.55. The smallest absolute Gasteiger partial charge is 0.271 e. The molecule has 0 radical (unpaired) electrons. The van der Waals surface area contributed by atoms with E-state index in [4.69, 9.17) is 9.47 Å². The van der Waals surface area contributed by atoms with Gasteiger partial charge < -0.3 is 14.4 Å². The SMILES string of the molecule is COc1ccc(S(=O)(=O)N2C(=O)C(c3cc(CN4CCCC4)ccc3OC)(N3CCC[C@H]3C(=O)N(C)C)c3cc(C#N)ccc32)cc1. The normalized spacial score (nSPS) is 21.5. The molecule has 246 valence electrons. The number of benzene rings is 3. The first-order chi connectivity index (χ1) is 22.6. The second-order valence-corrected chi connectivity index (χ2v) is 14.2. The Hall–Kier alpha value is -4.44. The van der Waals surface area contributed by atoms with Crippen LogP contribution in [0.15, 0.2) is 65.6 Å². The second kappa shape index (κ2) is 12.6. The molecule has 11 nitrogen and oxygen atoms in total. The first-order valence-corrected chi connectivity index (χ1v) is 17.2. The topological polar surface area (TPSA) is 123 Å². The fraction of sp³-hybridized carbons (Fsp3) is 0.400. The van der Waals surface area contributed by atoms with Crippen molar-refractivity contribution in [1.29, 1.82) is 5.26 Å². The number of ether oxygens (including phenoxy) is 2. The maximum Gasteiger partial charge on any atom is 0.271 e. The Kier molecular flexibility index (Phi) is 8.74. The van der Waals surface area contributed by atoms with Crippen LogP contribution < -0.4 is 13.8 Å². The predicted molar refractivity (Wildman–Crippen MR) is 176 cm³/mol. The van der Waals surface area contributed by atoms with Crippen molar-refractivity contribution >= 4 is 27.5 Å². The van der Waals surface area contributed by atoms with Crippen molar-refractivity contribution in [1.82, 2.24) is 14.7 Å². The highest BCUT2D eigenvalue weighted by molar-refractivity contribution is 7.93. The van der Waals surface area contributed by atoms with Gasteiger partial charge in [0.2, 0.25) is 5.91 Å². The molecule has 3 aliphatic heterocycles. The molecule has 47 heavy (non-hydrogen) atoms. The van der Waals surface area contributed by atoms with Crippen LogP contribution >= 0.6 is 0 Å². The van der Waals surface area contributed by atoms with Crippen LogP contribution in [0, 0.1) is 11.3 Å². The third-order valence-electron chi connectivity index (χ3n) is 9.49. The van der Waals surface area contributed by atoms with E-state index >= 15 is 4.79 Å². The van der Waals surface area contributed by atoms with Gasteiger partial charge in [-0.15, -0.1) is 0 Å². The van der Waals surface area contributed by atoms with Gasteiger partial charge in [0.1, 0.15) is 11.5 Å². The lowest BCUT2D eigenvalue weighted by molar-refractivity contribution is -0.138. The van der Waals surface area contributed by atoms with Crippen LogP contribution in [-0.4, -0.2) is 88.9 Å². The number of rotatable bonds is 9. The summed E-state index contributed by atoms with van der Waals surface area (Å²) in [4.78, 5) is 34.8. The van der Waals surface area contributed by atoms with E-state index in [1.54, 1.807) is 20.2 Å². The number of carbonyl (C=O) groups is 2. The quantitative estimate of drug-likeness (QED) is 0.339. The van der Waals surface area contributed by atoms with Crippen LogP contribution in [-0.2, 0) is 31.7 Å². The third-order valence-corrected chi connectivity index (χ3v) is 11.2. The van der Waals surface area contributed by atoms with Crippen molar-refractivity contribution in [2.45, 2.75) is 48.7 Å². The summed E-state index contributed by atoms with van der Waals surface area (Å²) in [6.45, 7) is 2.89. The molecule has 3 heterocycles. The number of amides is 2. The molecule has 3 aromatic rings. The van der Waals surface area contributed by atoms with Crippen molar-refractivity contribution in [3.63, 3.8) is 0 Å². The van der Waals surface area contributed by atoms with E-state index in [-0.39, 0.29) is 22.1 Å². The lowest BCUT2D eigenvalue weighted by Crippen LogP contribution is -2.59. The Morgan fingerprint density at radius 3 is 2.32 bits per heavy atom. The fourth-order valence-corrected chi connectivity index (χ4v) is 8.75. The number of fused-ring (bicyclic) bond motifs is 1. The molecule has 0 spiro atoms. The summed E-state index contributed by atoms with van der Waals surface area (Å²) < 4.78 is 41.1. The minimum absolute atomic E-state index is 0.102. The highest BCUT2D eigenvalue weighted by Gasteiger charge is 2.63. The van der Waals surface area contributed by atoms with Gasteiger partial charge >= 0.3 is 0 Å². The van der Waals surface area contributed by atoms with Gasteiger partial charge in [-0.25, -0.2) is 12.7 Å². The zero-order valence-corrected chi connectivity index (χ0v) is 27.9. The van der Waals surface area contributed by atoms with Crippen molar-refractivity contribution in [2.75, 3.05) is 52.3 Å². The van der Waals surface area contributed by atoms with E-state index < -0.39 is 27.5 Å². The monoisotopic (exact) mass is 657 g/mol. The van der Waals surface area contributed by atoms with Crippen molar-refractivity contribution in [2.24, 2.45) is 0 Å². The number of hydrogen-bond donors (Lipinski definition) is 0. The first-order valence-electron chi connectivity index (χ1n) is 15.7. The summed E-state index contributed by atoms with van der Waals surface area (Å²) in [6, 6.07) is 17.6. The molecule has 2 saturated heterocycles. The molecule has 3 aromatic carbocycles.